The summed E-state index contributed by atoms with van der Waals surface area (Å²) in [7, 11) is 0. The summed E-state index contributed by atoms with van der Waals surface area (Å²) in [5.74, 6) is -0.332. The number of amides is 1. The van der Waals surface area contributed by atoms with Gasteiger partial charge in [-0.3, -0.25) is 4.79 Å². The van der Waals surface area contributed by atoms with E-state index in [2.05, 4.69) is 5.32 Å². The highest BCUT2D eigenvalue weighted by Crippen LogP contribution is 2.25. The maximum atomic E-state index is 11.9. The van der Waals surface area contributed by atoms with Gasteiger partial charge in [0.2, 0.25) is 0 Å². The van der Waals surface area contributed by atoms with Gasteiger partial charge in [0.25, 0.3) is 5.91 Å². The Labute approximate surface area is 149 Å². The third kappa shape index (κ3) is 5.15. The second-order valence-corrected chi connectivity index (χ2v) is 5.55. The molecule has 0 aliphatic rings. The molecule has 2 rings (SSSR count). The monoisotopic (exact) mass is 367 g/mol. The Kier molecular flexibility index (Phi) is 6.46. The molecule has 0 heterocycles. The van der Waals surface area contributed by atoms with Crippen LogP contribution in [0.1, 0.15) is 17.3 Å². The second kappa shape index (κ2) is 8.57. The first-order valence-electron chi connectivity index (χ1n) is 7.14. The van der Waals surface area contributed by atoms with Crippen LogP contribution in [0.25, 0.3) is 0 Å². The predicted octanol–water partition coefficient (Wildman–Crippen LogP) is 4.19. The van der Waals surface area contributed by atoms with Gasteiger partial charge >= 0.3 is 5.97 Å². The summed E-state index contributed by atoms with van der Waals surface area (Å²) in [5, 5.41) is 3.46. The van der Waals surface area contributed by atoms with E-state index in [0.717, 1.165) is 0 Å². The van der Waals surface area contributed by atoms with Crippen molar-refractivity contribution in [3.05, 3.63) is 58.1 Å². The van der Waals surface area contributed by atoms with Crippen LogP contribution >= 0.6 is 23.2 Å². The molecule has 0 aliphatic carbocycles. The number of anilines is 1. The summed E-state index contributed by atoms with van der Waals surface area (Å²) in [5.41, 5.74) is 0.829. The van der Waals surface area contributed by atoms with Crippen molar-refractivity contribution in [1.82, 2.24) is 0 Å². The van der Waals surface area contributed by atoms with E-state index in [1.807, 2.05) is 0 Å². The molecule has 2 aromatic rings. The van der Waals surface area contributed by atoms with E-state index in [9.17, 15) is 9.59 Å². The molecule has 5 nitrogen and oxygen atoms in total. The molecule has 0 unspecified atom stereocenters. The van der Waals surface area contributed by atoms with Crippen LogP contribution in [0, 0.1) is 0 Å². The highest BCUT2D eigenvalue weighted by Gasteiger charge is 2.09. The normalized spacial score (nSPS) is 10.1. The number of hydrogen-bond donors (Lipinski definition) is 1. The van der Waals surface area contributed by atoms with Crippen molar-refractivity contribution in [3.8, 4) is 5.75 Å². The minimum absolute atomic E-state index is 0.207. The Hall–Kier alpha value is -2.24. The van der Waals surface area contributed by atoms with Crippen molar-refractivity contribution < 1.29 is 19.1 Å². The molecule has 24 heavy (non-hydrogen) atoms. The summed E-state index contributed by atoms with van der Waals surface area (Å²) in [4.78, 5) is 23.4. The topological polar surface area (TPSA) is 64.6 Å². The Morgan fingerprint density at radius 3 is 2.46 bits per heavy atom. The van der Waals surface area contributed by atoms with Crippen molar-refractivity contribution in [2.45, 2.75) is 6.92 Å². The van der Waals surface area contributed by atoms with Crippen molar-refractivity contribution >= 4 is 40.8 Å². The van der Waals surface area contributed by atoms with E-state index in [1.165, 1.54) is 0 Å². The molecule has 0 aliphatic heterocycles. The van der Waals surface area contributed by atoms with E-state index < -0.39 is 5.97 Å². The number of ether oxygens (including phenoxy) is 2. The molecule has 0 radical (unpaired) electrons. The van der Waals surface area contributed by atoms with Gasteiger partial charge in [-0.2, -0.15) is 0 Å². The number of hydrogen-bond acceptors (Lipinski definition) is 4. The lowest BCUT2D eigenvalue weighted by Crippen LogP contribution is -2.20. The molecule has 0 saturated heterocycles. The first-order valence-corrected chi connectivity index (χ1v) is 7.90. The zero-order valence-corrected chi connectivity index (χ0v) is 14.4. The van der Waals surface area contributed by atoms with Crippen molar-refractivity contribution in [1.29, 1.82) is 0 Å². The number of esters is 1. The van der Waals surface area contributed by atoms with Gasteiger partial charge in [0.05, 0.1) is 22.9 Å². The quantitative estimate of drug-likeness (QED) is 0.777. The van der Waals surface area contributed by atoms with E-state index in [-0.39, 0.29) is 12.5 Å². The second-order valence-electron chi connectivity index (χ2n) is 4.71. The zero-order valence-electron chi connectivity index (χ0n) is 12.8. The largest absolute Gasteiger partial charge is 0.484 e. The number of carbonyl (C=O) groups is 2. The summed E-state index contributed by atoms with van der Waals surface area (Å²) < 4.78 is 10.3. The Morgan fingerprint density at radius 1 is 1.08 bits per heavy atom. The third-order valence-electron chi connectivity index (χ3n) is 2.94. The van der Waals surface area contributed by atoms with Gasteiger partial charge in [0, 0.05) is 5.02 Å². The molecule has 0 fully saturated rings. The fourth-order valence-electron chi connectivity index (χ4n) is 1.83. The molecule has 0 atom stereocenters. The lowest BCUT2D eigenvalue weighted by molar-refractivity contribution is -0.118. The van der Waals surface area contributed by atoms with Crippen LogP contribution in [-0.2, 0) is 9.53 Å². The summed E-state index contributed by atoms with van der Waals surface area (Å²) in [6, 6.07) is 11.1. The highest BCUT2D eigenvalue weighted by atomic mass is 35.5. The van der Waals surface area contributed by atoms with Gasteiger partial charge in [0.1, 0.15) is 5.75 Å². The first kappa shape index (κ1) is 18.1. The van der Waals surface area contributed by atoms with E-state index in [0.29, 0.717) is 33.7 Å². The molecular formula is C17H15Cl2NO4. The number of nitrogens with one attached hydrogen (secondary N) is 1. The minimum Gasteiger partial charge on any atom is -0.484 e. The molecule has 7 heteroatoms. The fourth-order valence-corrected chi connectivity index (χ4v) is 2.17. The number of carbonyl (C=O) groups excluding carboxylic acids is 2. The molecule has 0 spiro atoms. The molecule has 2 aromatic carbocycles. The van der Waals surface area contributed by atoms with Gasteiger partial charge in [-0.1, -0.05) is 23.2 Å². The maximum absolute atomic E-state index is 11.9. The van der Waals surface area contributed by atoms with Gasteiger partial charge in [-0.15, -0.1) is 0 Å². The van der Waals surface area contributed by atoms with Crippen LogP contribution in [0.15, 0.2) is 42.5 Å². The average Bonchev–Trinajstić information content (AvgIpc) is 2.57. The van der Waals surface area contributed by atoms with Crippen LogP contribution in [0.5, 0.6) is 5.75 Å². The standard InChI is InChI=1S/C17H15Cl2NO4/c1-2-23-17(22)11-3-6-13(7-4-11)24-10-16(21)20-15-9-12(18)5-8-14(15)19/h3-9H,2,10H2,1H3,(H,20,21). The van der Waals surface area contributed by atoms with Crippen molar-refractivity contribution in [2.75, 3.05) is 18.5 Å². The molecular weight excluding hydrogens is 353 g/mol. The van der Waals surface area contributed by atoms with Gasteiger partial charge in [0.15, 0.2) is 6.61 Å². The number of rotatable bonds is 6. The average molecular weight is 368 g/mol. The highest BCUT2D eigenvalue weighted by molar-refractivity contribution is 6.35. The van der Waals surface area contributed by atoms with Gasteiger partial charge < -0.3 is 14.8 Å². The molecule has 0 saturated carbocycles. The lowest BCUT2D eigenvalue weighted by atomic mass is 10.2. The van der Waals surface area contributed by atoms with Crippen molar-refractivity contribution in [2.24, 2.45) is 0 Å². The smallest absolute Gasteiger partial charge is 0.338 e. The van der Waals surface area contributed by atoms with Crippen LogP contribution in [-0.4, -0.2) is 25.1 Å². The molecule has 0 aromatic heterocycles. The molecule has 1 N–H and O–H groups in total. The van der Waals surface area contributed by atoms with E-state index >= 15 is 0 Å². The Balaban J connectivity index is 1.89. The molecule has 1 amide bonds. The van der Waals surface area contributed by atoms with E-state index in [4.69, 9.17) is 32.7 Å². The summed E-state index contributed by atoms with van der Waals surface area (Å²) in [6.07, 6.45) is 0. The summed E-state index contributed by atoms with van der Waals surface area (Å²) in [6.45, 7) is 1.84. The van der Waals surface area contributed by atoms with Crippen LogP contribution in [0.2, 0.25) is 10.0 Å². The maximum Gasteiger partial charge on any atom is 0.338 e. The predicted molar refractivity (Wildman–Crippen MR) is 93.0 cm³/mol. The summed E-state index contributed by atoms with van der Waals surface area (Å²) >= 11 is 11.8. The molecule has 0 bridgehead atoms. The zero-order chi connectivity index (χ0) is 17.5. The van der Waals surface area contributed by atoms with Crippen LogP contribution in [0.4, 0.5) is 5.69 Å². The fraction of sp³-hybridized carbons (Fsp3) is 0.176. The van der Waals surface area contributed by atoms with Crippen LogP contribution in [0.3, 0.4) is 0 Å². The number of benzene rings is 2. The lowest BCUT2D eigenvalue weighted by Gasteiger charge is -2.09. The third-order valence-corrected chi connectivity index (χ3v) is 3.50. The Morgan fingerprint density at radius 2 is 1.79 bits per heavy atom. The SMILES string of the molecule is CCOC(=O)c1ccc(OCC(=O)Nc2cc(Cl)ccc2Cl)cc1. The minimum atomic E-state index is -0.405. The Bertz CT molecular complexity index is 732. The van der Waals surface area contributed by atoms with Crippen molar-refractivity contribution in [3.63, 3.8) is 0 Å². The molecule has 126 valence electrons. The van der Waals surface area contributed by atoms with E-state index in [1.54, 1.807) is 49.4 Å². The van der Waals surface area contributed by atoms with Crippen LogP contribution < -0.4 is 10.1 Å². The van der Waals surface area contributed by atoms with Gasteiger partial charge in [-0.25, -0.2) is 4.79 Å². The first-order chi connectivity index (χ1) is 11.5. The number of halogens is 2. The van der Waals surface area contributed by atoms with Gasteiger partial charge in [-0.05, 0) is 49.4 Å².